The summed E-state index contributed by atoms with van der Waals surface area (Å²) in [6.07, 6.45) is 7.91. The number of aromatic nitrogens is 4. The van der Waals surface area contributed by atoms with Gasteiger partial charge in [0, 0.05) is 25.0 Å². The maximum atomic E-state index is 12.9. The van der Waals surface area contributed by atoms with Crippen molar-refractivity contribution in [2.24, 2.45) is 13.0 Å². The number of carbonyl (C=O) groups is 1. The van der Waals surface area contributed by atoms with E-state index in [0.29, 0.717) is 24.2 Å². The molecule has 28 heavy (non-hydrogen) atoms. The monoisotopic (exact) mass is 381 g/mol. The van der Waals surface area contributed by atoms with Gasteiger partial charge in [0.25, 0.3) is 5.91 Å². The van der Waals surface area contributed by atoms with Crippen molar-refractivity contribution in [1.29, 1.82) is 0 Å². The minimum atomic E-state index is -0.297. The van der Waals surface area contributed by atoms with Gasteiger partial charge in [-0.2, -0.15) is 10.2 Å². The molecule has 0 saturated heterocycles. The van der Waals surface area contributed by atoms with Crippen molar-refractivity contribution in [1.82, 2.24) is 24.9 Å². The van der Waals surface area contributed by atoms with E-state index in [1.807, 2.05) is 37.5 Å². The third-order valence-corrected chi connectivity index (χ3v) is 5.17. The molecule has 146 valence electrons. The molecule has 0 radical (unpaired) electrons. The third-order valence-electron chi connectivity index (χ3n) is 5.17. The SMILES string of the molecule is COc1ccccc1-n1cc(C(=O)N[C@@H](c2cnn(C)c2)C2CC(O)C2)cn1. The summed E-state index contributed by atoms with van der Waals surface area (Å²) in [5, 5.41) is 21.3. The molecule has 2 N–H and O–H groups in total. The number of methoxy groups -OCH3 is 1. The fourth-order valence-electron chi connectivity index (χ4n) is 3.59. The van der Waals surface area contributed by atoms with Gasteiger partial charge >= 0.3 is 0 Å². The normalized spacial score (nSPS) is 19.7. The Kier molecular flexibility index (Phi) is 4.87. The lowest BCUT2D eigenvalue weighted by Crippen LogP contribution is -2.41. The molecule has 1 fully saturated rings. The number of amides is 1. The number of nitrogens with zero attached hydrogens (tertiary/aromatic N) is 4. The average Bonchev–Trinajstić information content (AvgIpc) is 3.33. The van der Waals surface area contributed by atoms with Crippen molar-refractivity contribution in [2.45, 2.75) is 25.0 Å². The Hall–Kier alpha value is -3.13. The van der Waals surface area contributed by atoms with Gasteiger partial charge in [0.15, 0.2) is 0 Å². The van der Waals surface area contributed by atoms with Crippen molar-refractivity contribution >= 4 is 5.91 Å². The van der Waals surface area contributed by atoms with Gasteiger partial charge in [-0.3, -0.25) is 9.48 Å². The molecule has 3 aromatic rings. The summed E-state index contributed by atoms with van der Waals surface area (Å²) < 4.78 is 8.70. The number of hydrogen-bond donors (Lipinski definition) is 2. The number of ether oxygens (including phenoxy) is 1. The molecule has 2 aromatic heterocycles. The molecule has 8 nitrogen and oxygen atoms in total. The first-order valence-electron chi connectivity index (χ1n) is 9.20. The number of benzene rings is 1. The van der Waals surface area contributed by atoms with Gasteiger partial charge < -0.3 is 15.2 Å². The fraction of sp³-hybridized carbons (Fsp3) is 0.350. The molecule has 8 heteroatoms. The van der Waals surface area contributed by atoms with Crippen LogP contribution in [-0.2, 0) is 7.05 Å². The zero-order valence-corrected chi connectivity index (χ0v) is 15.8. The summed E-state index contributed by atoms with van der Waals surface area (Å²) in [4.78, 5) is 12.9. The molecule has 1 aliphatic carbocycles. The number of carbonyl (C=O) groups excluding carboxylic acids is 1. The van der Waals surface area contributed by atoms with E-state index in [9.17, 15) is 9.90 Å². The van der Waals surface area contributed by atoms with Crippen molar-refractivity contribution in [3.63, 3.8) is 0 Å². The molecule has 1 amide bonds. The quantitative estimate of drug-likeness (QED) is 0.680. The van der Waals surface area contributed by atoms with E-state index >= 15 is 0 Å². The van der Waals surface area contributed by atoms with Crippen LogP contribution in [0.15, 0.2) is 49.1 Å². The Balaban J connectivity index is 1.54. The zero-order chi connectivity index (χ0) is 19.7. The summed E-state index contributed by atoms with van der Waals surface area (Å²) >= 11 is 0. The summed E-state index contributed by atoms with van der Waals surface area (Å²) in [5.41, 5.74) is 2.15. The molecule has 0 unspecified atom stereocenters. The fourth-order valence-corrected chi connectivity index (χ4v) is 3.59. The summed E-state index contributed by atoms with van der Waals surface area (Å²) in [5.74, 6) is 0.651. The smallest absolute Gasteiger partial charge is 0.254 e. The number of aliphatic hydroxyl groups excluding tert-OH is 1. The highest BCUT2D eigenvalue weighted by Crippen LogP contribution is 2.38. The standard InChI is InChI=1S/C20H23N5O3/c1-24-11-14(9-21-24)19(13-7-16(26)8-13)23-20(27)15-10-22-25(12-15)17-5-3-4-6-18(17)28-2/h3-6,9-13,16,19,26H,7-8H2,1-2H3,(H,23,27)/t13?,16?,19-/m1/s1. The van der Waals surface area contributed by atoms with Crippen molar-refractivity contribution < 1.29 is 14.6 Å². The van der Waals surface area contributed by atoms with Crippen LogP contribution in [0.4, 0.5) is 0 Å². The Labute approximate surface area is 162 Å². The number of rotatable bonds is 6. The molecule has 4 rings (SSSR count). The first-order valence-corrected chi connectivity index (χ1v) is 9.20. The van der Waals surface area contributed by atoms with Crippen LogP contribution in [0, 0.1) is 5.92 Å². The Morgan fingerprint density at radius 1 is 1.25 bits per heavy atom. The lowest BCUT2D eigenvalue weighted by Gasteiger charge is -2.37. The van der Waals surface area contributed by atoms with Crippen molar-refractivity contribution in [2.75, 3.05) is 7.11 Å². The van der Waals surface area contributed by atoms with Crippen LogP contribution in [-0.4, -0.2) is 43.8 Å². The van der Waals surface area contributed by atoms with E-state index in [0.717, 1.165) is 11.3 Å². The zero-order valence-electron chi connectivity index (χ0n) is 15.8. The van der Waals surface area contributed by atoms with Crippen LogP contribution in [0.25, 0.3) is 5.69 Å². The number of hydrogen-bond acceptors (Lipinski definition) is 5. The second kappa shape index (κ2) is 7.47. The molecule has 0 aliphatic heterocycles. The van der Waals surface area contributed by atoms with E-state index in [-0.39, 0.29) is 24.0 Å². The number of para-hydroxylation sites is 2. The topological polar surface area (TPSA) is 94.2 Å². The van der Waals surface area contributed by atoms with Gasteiger partial charge in [0.05, 0.1) is 37.2 Å². The molecule has 1 aromatic carbocycles. The Bertz CT molecular complexity index is 974. The van der Waals surface area contributed by atoms with Gasteiger partial charge in [0.1, 0.15) is 11.4 Å². The van der Waals surface area contributed by atoms with Gasteiger partial charge in [0.2, 0.25) is 0 Å². The van der Waals surface area contributed by atoms with Crippen LogP contribution in [0.1, 0.15) is 34.8 Å². The minimum Gasteiger partial charge on any atom is -0.494 e. The Morgan fingerprint density at radius 3 is 2.71 bits per heavy atom. The molecule has 0 bridgehead atoms. The van der Waals surface area contributed by atoms with Crippen molar-refractivity contribution in [3.8, 4) is 11.4 Å². The van der Waals surface area contributed by atoms with Gasteiger partial charge in [-0.1, -0.05) is 12.1 Å². The number of nitrogens with one attached hydrogen (secondary N) is 1. The first-order chi connectivity index (χ1) is 13.5. The van der Waals surface area contributed by atoms with Crippen LogP contribution in [0.5, 0.6) is 5.75 Å². The second-order valence-electron chi connectivity index (χ2n) is 7.13. The predicted molar refractivity (Wildman–Crippen MR) is 102 cm³/mol. The second-order valence-corrected chi connectivity index (χ2v) is 7.13. The summed E-state index contributed by atoms with van der Waals surface area (Å²) in [7, 11) is 3.44. The third kappa shape index (κ3) is 3.50. The maximum Gasteiger partial charge on any atom is 0.254 e. The predicted octanol–water partition coefficient (Wildman–Crippen LogP) is 1.86. The average molecular weight is 381 g/mol. The van der Waals surface area contributed by atoms with Gasteiger partial charge in [-0.15, -0.1) is 0 Å². The van der Waals surface area contributed by atoms with Crippen LogP contribution in [0.2, 0.25) is 0 Å². The molecule has 1 atom stereocenters. The van der Waals surface area contributed by atoms with Crippen LogP contribution < -0.4 is 10.1 Å². The number of aliphatic hydroxyl groups is 1. The maximum absolute atomic E-state index is 12.9. The van der Waals surface area contributed by atoms with Gasteiger partial charge in [-0.05, 0) is 30.9 Å². The van der Waals surface area contributed by atoms with Crippen molar-refractivity contribution in [3.05, 3.63) is 60.2 Å². The first kappa shape index (κ1) is 18.2. The van der Waals surface area contributed by atoms with Crippen LogP contribution in [0.3, 0.4) is 0 Å². The van der Waals surface area contributed by atoms with Crippen LogP contribution >= 0.6 is 0 Å². The van der Waals surface area contributed by atoms with E-state index in [4.69, 9.17) is 4.74 Å². The number of aryl methyl sites for hydroxylation is 1. The minimum absolute atomic E-state index is 0.187. The lowest BCUT2D eigenvalue weighted by atomic mass is 9.75. The largest absolute Gasteiger partial charge is 0.494 e. The molecule has 2 heterocycles. The summed E-state index contributed by atoms with van der Waals surface area (Å²) in [6, 6.07) is 7.29. The highest BCUT2D eigenvalue weighted by atomic mass is 16.5. The van der Waals surface area contributed by atoms with E-state index in [2.05, 4.69) is 15.5 Å². The molecule has 1 saturated carbocycles. The van der Waals surface area contributed by atoms with E-state index in [1.54, 1.807) is 28.9 Å². The molecular weight excluding hydrogens is 358 g/mol. The summed E-state index contributed by atoms with van der Waals surface area (Å²) in [6.45, 7) is 0. The molecular formula is C20H23N5O3. The van der Waals surface area contributed by atoms with Gasteiger partial charge in [-0.25, -0.2) is 4.68 Å². The van der Waals surface area contributed by atoms with E-state index < -0.39 is 0 Å². The Morgan fingerprint density at radius 2 is 2.04 bits per heavy atom. The van der Waals surface area contributed by atoms with E-state index in [1.165, 1.54) is 6.20 Å². The molecule has 0 spiro atoms. The highest BCUT2D eigenvalue weighted by Gasteiger charge is 2.36. The molecule has 1 aliphatic rings. The lowest BCUT2D eigenvalue weighted by molar-refractivity contribution is 0.0235. The highest BCUT2D eigenvalue weighted by molar-refractivity contribution is 5.94.